The molecule has 0 aliphatic carbocycles. The normalized spacial score (nSPS) is 14.1. The zero-order valence-corrected chi connectivity index (χ0v) is 13.3. The Bertz CT molecular complexity index is 513. The number of hydrogen-bond acceptors (Lipinski definition) is 3. The molecule has 0 saturated carbocycles. The van der Waals surface area contributed by atoms with Gasteiger partial charge in [-0.15, -0.1) is 0 Å². The molecule has 1 unspecified atom stereocenters. The van der Waals surface area contributed by atoms with Crippen LogP contribution in [0.2, 0.25) is 0 Å². The van der Waals surface area contributed by atoms with E-state index in [1.165, 1.54) is 0 Å². The second-order valence-corrected chi connectivity index (χ2v) is 6.55. The third-order valence-corrected chi connectivity index (χ3v) is 3.40. The first kappa shape index (κ1) is 17.0. The Kier molecular flexibility index (Phi) is 5.35. The molecule has 0 aromatic heterocycles. The summed E-state index contributed by atoms with van der Waals surface area (Å²) in [6.45, 7) is 10.2. The number of amides is 1. The van der Waals surface area contributed by atoms with Gasteiger partial charge in [-0.3, -0.25) is 4.79 Å². The molecule has 1 aromatic rings. The Labute approximate surface area is 126 Å². The molecule has 21 heavy (non-hydrogen) atoms. The van der Waals surface area contributed by atoms with Gasteiger partial charge >= 0.3 is 0 Å². The zero-order chi connectivity index (χ0) is 16.2. The molecule has 5 heteroatoms. The minimum atomic E-state index is -0.496. The lowest BCUT2D eigenvalue weighted by Crippen LogP contribution is -2.47. The topological polar surface area (TPSA) is 87.7 Å². The minimum absolute atomic E-state index is 0.00432. The van der Waals surface area contributed by atoms with Crippen LogP contribution in [-0.2, 0) is 5.41 Å². The Balaban J connectivity index is 2.89. The lowest BCUT2D eigenvalue weighted by atomic mass is 9.86. The summed E-state index contributed by atoms with van der Waals surface area (Å²) >= 11 is 0. The maximum absolute atomic E-state index is 12.2. The first-order chi connectivity index (χ1) is 9.66. The number of hydrogen-bond donors (Lipinski definition) is 3. The van der Waals surface area contributed by atoms with Gasteiger partial charge in [0.05, 0.1) is 6.04 Å². The average molecular weight is 291 g/mol. The minimum Gasteiger partial charge on any atom is -0.409 e. The highest BCUT2D eigenvalue weighted by molar-refractivity contribution is 5.98. The molecule has 0 aliphatic heterocycles. The summed E-state index contributed by atoms with van der Waals surface area (Å²) in [6, 6.07) is 6.98. The van der Waals surface area contributed by atoms with Crippen LogP contribution in [0.1, 0.15) is 50.5 Å². The van der Waals surface area contributed by atoms with Crippen molar-refractivity contribution in [1.82, 2.24) is 5.32 Å². The van der Waals surface area contributed by atoms with E-state index in [4.69, 9.17) is 10.9 Å². The second-order valence-electron chi connectivity index (χ2n) is 6.55. The third-order valence-electron chi connectivity index (χ3n) is 3.40. The van der Waals surface area contributed by atoms with Crippen LogP contribution >= 0.6 is 0 Å². The molecule has 1 aromatic carbocycles. The smallest absolute Gasteiger partial charge is 0.251 e. The molecule has 116 valence electrons. The van der Waals surface area contributed by atoms with Gasteiger partial charge in [0, 0.05) is 5.56 Å². The van der Waals surface area contributed by atoms with Crippen molar-refractivity contribution < 1.29 is 10.0 Å². The van der Waals surface area contributed by atoms with E-state index in [2.05, 4.69) is 31.2 Å². The van der Waals surface area contributed by atoms with Gasteiger partial charge in [-0.25, -0.2) is 0 Å². The van der Waals surface area contributed by atoms with Crippen molar-refractivity contribution in [2.75, 3.05) is 0 Å². The van der Waals surface area contributed by atoms with E-state index in [1.54, 1.807) is 12.1 Å². The summed E-state index contributed by atoms with van der Waals surface area (Å²) in [4.78, 5) is 12.2. The van der Waals surface area contributed by atoms with Crippen LogP contribution < -0.4 is 11.1 Å². The van der Waals surface area contributed by atoms with E-state index in [0.717, 1.165) is 5.56 Å². The van der Waals surface area contributed by atoms with Gasteiger partial charge in [-0.1, -0.05) is 51.9 Å². The van der Waals surface area contributed by atoms with Gasteiger partial charge in [0.15, 0.2) is 5.84 Å². The van der Waals surface area contributed by atoms with Crippen molar-refractivity contribution in [1.29, 1.82) is 0 Å². The number of carbonyl (C=O) groups excluding carboxylic acids is 1. The highest BCUT2D eigenvalue weighted by atomic mass is 16.4. The summed E-state index contributed by atoms with van der Waals surface area (Å²) in [5.74, 6) is -0.205. The molecule has 5 nitrogen and oxygen atoms in total. The molecule has 0 saturated heterocycles. The molecule has 1 atom stereocenters. The standard InChI is InChI=1S/C16H25N3O2/c1-10(2)13(14(17)19-21)18-15(20)11-6-8-12(9-7-11)16(3,4)5/h6-10,13,21H,1-5H3,(H2,17,19)(H,18,20). The molecule has 0 bridgehead atoms. The number of oxime groups is 1. The van der Waals surface area contributed by atoms with Crippen molar-refractivity contribution >= 4 is 11.7 Å². The molecule has 1 rings (SSSR count). The Hall–Kier alpha value is -2.04. The fraction of sp³-hybridized carbons (Fsp3) is 0.500. The van der Waals surface area contributed by atoms with E-state index in [-0.39, 0.29) is 23.1 Å². The van der Waals surface area contributed by atoms with Gasteiger partial charge in [-0.05, 0) is 29.0 Å². The van der Waals surface area contributed by atoms with Crippen molar-refractivity contribution in [3.05, 3.63) is 35.4 Å². The predicted molar refractivity (Wildman–Crippen MR) is 84.6 cm³/mol. The van der Waals surface area contributed by atoms with E-state index in [0.29, 0.717) is 5.56 Å². The lowest BCUT2D eigenvalue weighted by molar-refractivity contribution is 0.0938. The lowest BCUT2D eigenvalue weighted by Gasteiger charge is -2.22. The molecule has 0 spiro atoms. The summed E-state index contributed by atoms with van der Waals surface area (Å²) in [5, 5.41) is 14.5. The first-order valence-corrected chi connectivity index (χ1v) is 7.05. The maximum atomic E-state index is 12.2. The van der Waals surface area contributed by atoms with Crippen LogP contribution in [0.3, 0.4) is 0 Å². The highest BCUT2D eigenvalue weighted by Crippen LogP contribution is 2.22. The van der Waals surface area contributed by atoms with Gasteiger partial charge in [-0.2, -0.15) is 0 Å². The molecular weight excluding hydrogens is 266 g/mol. The van der Waals surface area contributed by atoms with Crippen LogP contribution in [0.25, 0.3) is 0 Å². The van der Waals surface area contributed by atoms with Crippen LogP contribution in [-0.4, -0.2) is 23.0 Å². The molecule has 4 N–H and O–H groups in total. The van der Waals surface area contributed by atoms with Crippen LogP contribution in [0.5, 0.6) is 0 Å². The quantitative estimate of drug-likeness (QED) is 0.345. The van der Waals surface area contributed by atoms with E-state index >= 15 is 0 Å². The molecular formula is C16H25N3O2. The summed E-state index contributed by atoms with van der Waals surface area (Å²) in [5.41, 5.74) is 7.37. The number of carbonyl (C=O) groups is 1. The molecule has 0 radical (unpaired) electrons. The fourth-order valence-electron chi connectivity index (χ4n) is 1.99. The third kappa shape index (κ3) is 4.48. The van der Waals surface area contributed by atoms with Crippen molar-refractivity contribution in [3.8, 4) is 0 Å². The largest absolute Gasteiger partial charge is 0.409 e. The van der Waals surface area contributed by atoms with Crippen molar-refractivity contribution in [3.63, 3.8) is 0 Å². The molecule has 0 fully saturated rings. The summed E-state index contributed by atoms with van der Waals surface area (Å²) in [7, 11) is 0. The van der Waals surface area contributed by atoms with Crippen LogP contribution in [0.4, 0.5) is 0 Å². The summed E-state index contributed by atoms with van der Waals surface area (Å²) in [6.07, 6.45) is 0. The van der Waals surface area contributed by atoms with Gasteiger partial charge in [0.1, 0.15) is 0 Å². The van der Waals surface area contributed by atoms with Crippen LogP contribution in [0, 0.1) is 5.92 Å². The fourth-order valence-corrected chi connectivity index (χ4v) is 1.99. The highest BCUT2D eigenvalue weighted by Gasteiger charge is 2.21. The van der Waals surface area contributed by atoms with Gasteiger partial charge in [0.25, 0.3) is 5.91 Å². The molecule has 0 heterocycles. The monoisotopic (exact) mass is 291 g/mol. The van der Waals surface area contributed by atoms with E-state index in [1.807, 2.05) is 26.0 Å². The van der Waals surface area contributed by atoms with Crippen LogP contribution in [0.15, 0.2) is 29.4 Å². The van der Waals surface area contributed by atoms with E-state index in [9.17, 15) is 4.79 Å². The van der Waals surface area contributed by atoms with E-state index < -0.39 is 6.04 Å². The van der Waals surface area contributed by atoms with Crippen molar-refractivity contribution in [2.45, 2.75) is 46.1 Å². The summed E-state index contributed by atoms with van der Waals surface area (Å²) < 4.78 is 0. The van der Waals surface area contributed by atoms with Crippen molar-refractivity contribution in [2.24, 2.45) is 16.8 Å². The average Bonchev–Trinajstić information content (AvgIpc) is 2.42. The number of benzene rings is 1. The zero-order valence-electron chi connectivity index (χ0n) is 13.3. The molecule has 1 amide bonds. The number of nitrogens with two attached hydrogens (primary N) is 1. The maximum Gasteiger partial charge on any atom is 0.251 e. The number of nitrogens with zero attached hydrogens (tertiary/aromatic N) is 1. The molecule has 0 aliphatic rings. The second kappa shape index (κ2) is 6.61. The van der Waals surface area contributed by atoms with Gasteiger partial charge in [0.2, 0.25) is 0 Å². The Morgan fingerprint density at radius 2 is 1.76 bits per heavy atom. The number of nitrogens with one attached hydrogen (secondary N) is 1. The Morgan fingerprint density at radius 1 is 1.24 bits per heavy atom. The number of amidine groups is 1. The Morgan fingerprint density at radius 3 is 2.14 bits per heavy atom. The first-order valence-electron chi connectivity index (χ1n) is 7.05. The predicted octanol–water partition coefficient (Wildman–Crippen LogP) is 2.48. The van der Waals surface area contributed by atoms with Gasteiger partial charge < -0.3 is 16.3 Å². The SMILES string of the molecule is CC(C)C(NC(=O)c1ccc(C(C)(C)C)cc1)C(N)=NO. The number of rotatable bonds is 4.